The Morgan fingerprint density at radius 1 is 1.04 bits per heavy atom. The fraction of sp³-hybridized carbons (Fsp3) is 0.381. The van der Waals surface area contributed by atoms with Gasteiger partial charge in [-0.25, -0.2) is 9.18 Å². The standard InChI is InChI=1S/C21H28FN3O3/c1-24(2)12-13-25(16-17-8-10-18(22)11-9-17)21(26)23-19-6-4-5-7-20(19)28-15-14-27-3/h4-11H,12-16H2,1-3H3,(H,23,26). The van der Waals surface area contributed by atoms with E-state index in [9.17, 15) is 9.18 Å². The third-order valence-electron chi connectivity index (χ3n) is 4.06. The number of urea groups is 1. The van der Waals surface area contributed by atoms with Crippen molar-refractivity contribution < 1.29 is 18.7 Å². The van der Waals surface area contributed by atoms with Crippen LogP contribution in [-0.2, 0) is 11.3 Å². The second-order valence-electron chi connectivity index (χ2n) is 6.62. The van der Waals surface area contributed by atoms with Crippen molar-refractivity contribution >= 4 is 11.7 Å². The van der Waals surface area contributed by atoms with Crippen LogP contribution in [0, 0.1) is 5.82 Å². The summed E-state index contributed by atoms with van der Waals surface area (Å²) in [6.45, 7) is 2.47. The van der Waals surface area contributed by atoms with Crippen molar-refractivity contribution in [3.63, 3.8) is 0 Å². The Hall–Kier alpha value is -2.64. The van der Waals surface area contributed by atoms with Crippen LogP contribution in [0.1, 0.15) is 5.56 Å². The Morgan fingerprint density at radius 2 is 1.75 bits per heavy atom. The van der Waals surface area contributed by atoms with E-state index in [1.807, 2.05) is 31.1 Å². The van der Waals surface area contributed by atoms with Crippen molar-refractivity contribution in [3.05, 3.63) is 59.9 Å². The summed E-state index contributed by atoms with van der Waals surface area (Å²) >= 11 is 0. The third kappa shape index (κ3) is 7.17. The maximum Gasteiger partial charge on any atom is 0.322 e. The molecule has 2 aromatic carbocycles. The number of nitrogens with one attached hydrogen (secondary N) is 1. The van der Waals surface area contributed by atoms with Crippen LogP contribution in [0.4, 0.5) is 14.9 Å². The van der Waals surface area contributed by atoms with Crippen LogP contribution in [0.3, 0.4) is 0 Å². The lowest BCUT2D eigenvalue weighted by Crippen LogP contribution is -2.39. The lowest BCUT2D eigenvalue weighted by atomic mass is 10.2. The van der Waals surface area contributed by atoms with Gasteiger partial charge < -0.3 is 24.6 Å². The molecule has 2 rings (SSSR count). The normalized spacial score (nSPS) is 10.8. The molecule has 0 spiro atoms. The summed E-state index contributed by atoms with van der Waals surface area (Å²) in [6, 6.07) is 13.2. The van der Waals surface area contributed by atoms with Crippen molar-refractivity contribution in [2.45, 2.75) is 6.54 Å². The molecule has 0 saturated carbocycles. The second kappa shape index (κ2) is 11.3. The fourth-order valence-corrected chi connectivity index (χ4v) is 2.51. The highest BCUT2D eigenvalue weighted by Crippen LogP contribution is 2.24. The molecule has 0 atom stereocenters. The molecule has 2 amide bonds. The van der Waals surface area contributed by atoms with Crippen molar-refractivity contribution in [2.75, 3.05) is 52.8 Å². The van der Waals surface area contributed by atoms with Gasteiger partial charge in [0.25, 0.3) is 0 Å². The Balaban J connectivity index is 2.10. The number of benzene rings is 2. The highest BCUT2D eigenvalue weighted by Gasteiger charge is 2.16. The van der Waals surface area contributed by atoms with Crippen molar-refractivity contribution in [3.8, 4) is 5.75 Å². The summed E-state index contributed by atoms with van der Waals surface area (Å²) in [5.74, 6) is 0.289. The zero-order chi connectivity index (χ0) is 20.4. The summed E-state index contributed by atoms with van der Waals surface area (Å²) in [4.78, 5) is 16.6. The molecule has 6 nitrogen and oxygen atoms in total. The van der Waals surface area contributed by atoms with E-state index in [1.165, 1.54) is 12.1 Å². The van der Waals surface area contributed by atoms with Gasteiger partial charge >= 0.3 is 6.03 Å². The van der Waals surface area contributed by atoms with Crippen LogP contribution in [0.25, 0.3) is 0 Å². The molecule has 0 bridgehead atoms. The number of likely N-dealkylation sites (N-methyl/N-ethyl adjacent to an activating group) is 1. The van der Waals surface area contributed by atoms with Gasteiger partial charge in [-0.1, -0.05) is 24.3 Å². The number of rotatable bonds is 10. The Morgan fingerprint density at radius 3 is 2.43 bits per heavy atom. The summed E-state index contributed by atoms with van der Waals surface area (Å²) in [6.07, 6.45) is 0. The number of hydrogen-bond donors (Lipinski definition) is 1. The first kappa shape index (κ1) is 21.7. The van der Waals surface area contributed by atoms with Crippen molar-refractivity contribution in [2.24, 2.45) is 0 Å². The molecule has 1 N–H and O–H groups in total. The first-order chi connectivity index (χ1) is 13.5. The number of anilines is 1. The maximum absolute atomic E-state index is 13.2. The summed E-state index contributed by atoms with van der Waals surface area (Å²) in [5, 5.41) is 2.92. The van der Waals surface area contributed by atoms with Gasteiger partial charge in [-0.3, -0.25) is 0 Å². The lowest BCUT2D eigenvalue weighted by Gasteiger charge is -2.25. The van der Waals surface area contributed by atoms with Gasteiger partial charge in [-0.05, 0) is 43.9 Å². The highest BCUT2D eigenvalue weighted by molar-refractivity contribution is 5.91. The molecule has 0 aromatic heterocycles. The molecule has 0 aliphatic rings. The van der Waals surface area contributed by atoms with E-state index in [2.05, 4.69) is 5.32 Å². The largest absolute Gasteiger partial charge is 0.489 e. The number of amides is 2. The van der Waals surface area contributed by atoms with E-state index >= 15 is 0 Å². The van der Waals surface area contributed by atoms with Gasteiger partial charge in [0.2, 0.25) is 0 Å². The molecule has 28 heavy (non-hydrogen) atoms. The summed E-state index contributed by atoms with van der Waals surface area (Å²) in [5.41, 5.74) is 1.46. The highest BCUT2D eigenvalue weighted by atomic mass is 19.1. The molecule has 0 fully saturated rings. The summed E-state index contributed by atoms with van der Waals surface area (Å²) < 4.78 is 23.9. The predicted octanol–water partition coefficient (Wildman–Crippen LogP) is 3.45. The Labute approximate surface area is 165 Å². The molecule has 0 saturated heterocycles. The Kier molecular flexibility index (Phi) is 8.71. The van der Waals surface area contributed by atoms with Gasteiger partial charge in [0.15, 0.2) is 0 Å². The van der Waals surface area contributed by atoms with Crippen LogP contribution < -0.4 is 10.1 Å². The summed E-state index contributed by atoms with van der Waals surface area (Å²) in [7, 11) is 5.51. The molecule has 0 unspecified atom stereocenters. The second-order valence-corrected chi connectivity index (χ2v) is 6.62. The first-order valence-corrected chi connectivity index (χ1v) is 9.15. The average molecular weight is 389 g/mol. The van der Waals surface area contributed by atoms with Gasteiger partial charge in [0.05, 0.1) is 12.3 Å². The van der Waals surface area contributed by atoms with Gasteiger partial charge in [0, 0.05) is 26.7 Å². The van der Waals surface area contributed by atoms with Crippen LogP contribution in [-0.4, -0.2) is 63.3 Å². The monoisotopic (exact) mass is 389 g/mol. The van der Waals surface area contributed by atoms with E-state index in [-0.39, 0.29) is 11.8 Å². The maximum atomic E-state index is 13.2. The number of para-hydroxylation sites is 2. The number of carbonyl (C=O) groups is 1. The smallest absolute Gasteiger partial charge is 0.322 e. The van der Waals surface area contributed by atoms with Crippen molar-refractivity contribution in [1.82, 2.24) is 9.80 Å². The molecular formula is C21H28FN3O3. The number of halogens is 1. The molecule has 0 aliphatic carbocycles. The topological polar surface area (TPSA) is 54.0 Å². The lowest BCUT2D eigenvalue weighted by molar-refractivity contribution is 0.146. The molecule has 0 radical (unpaired) electrons. The van der Waals surface area contributed by atoms with Crippen molar-refractivity contribution in [1.29, 1.82) is 0 Å². The van der Waals surface area contributed by atoms with Gasteiger partial charge in [0.1, 0.15) is 18.2 Å². The van der Waals surface area contributed by atoms with Crippen LogP contribution in [0.2, 0.25) is 0 Å². The number of nitrogens with zero attached hydrogens (tertiary/aromatic N) is 2. The first-order valence-electron chi connectivity index (χ1n) is 9.15. The Bertz CT molecular complexity index is 738. The van der Waals surface area contributed by atoms with E-state index in [4.69, 9.17) is 9.47 Å². The fourth-order valence-electron chi connectivity index (χ4n) is 2.51. The minimum Gasteiger partial charge on any atom is -0.489 e. The molecule has 0 heterocycles. The molecule has 7 heteroatoms. The minimum atomic E-state index is -0.296. The van der Waals surface area contributed by atoms with E-state index in [0.717, 1.165) is 5.56 Å². The van der Waals surface area contributed by atoms with E-state index < -0.39 is 0 Å². The zero-order valence-corrected chi connectivity index (χ0v) is 16.7. The predicted molar refractivity (Wildman–Crippen MR) is 108 cm³/mol. The van der Waals surface area contributed by atoms with E-state index in [1.54, 1.807) is 36.3 Å². The van der Waals surface area contributed by atoms with Crippen LogP contribution >= 0.6 is 0 Å². The number of carbonyl (C=O) groups excluding carboxylic acids is 1. The van der Waals surface area contributed by atoms with Crippen LogP contribution in [0.15, 0.2) is 48.5 Å². The number of ether oxygens (including phenoxy) is 2. The van der Waals surface area contributed by atoms with E-state index in [0.29, 0.717) is 44.3 Å². The molecular weight excluding hydrogens is 361 g/mol. The molecule has 0 aliphatic heterocycles. The molecule has 2 aromatic rings. The third-order valence-corrected chi connectivity index (χ3v) is 4.06. The molecule has 152 valence electrons. The SMILES string of the molecule is COCCOc1ccccc1NC(=O)N(CCN(C)C)Cc1ccc(F)cc1. The van der Waals surface area contributed by atoms with Gasteiger partial charge in [-0.15, -0.1) is 0 Å². The number of hydrogen-bond acceptors (Lipinski definition) is 4. The van der Waals surface area contributed by atoms with Gasteiger partial charge in [-0.2, -0.15) is 0 Å². The van der Waals surface area contributed by atoms with Crippen LogP contribution in [0.5, 0.6) is 5.75 Å². The average Bonchev–Trinajstić information content (AvgIpc) is 2.68. The zero-order valence-electron chi connectivity index (χ0n) is 16.7. The quantitative estimate of drug-likeness (QED) is 0.633. The minimum absolute atomic E-state index is 0.242. The number of methoxy groups -OCH3 is 1.